The first-order chi connectivity index (χ1) is 8.66. The zero-order valence-corrected chi connectivity index (χ0v) is 11.6. The maximum Gasteiger partial charge on any atom is 0.251 e. The summed E-state index contributed by atoms with van der Waals surface area (Å²) in [6.07, 6.45) is 0.961. The van der Waals surface area contributed by atoms with Crippen molar-refractivity contribution < 1.29 is 9.59 Å². The second-order valence-electron chi connectivity index (χ2n) is 4.29. The van der Waals surface area contributed by atoms with E-state index in [1.54, 1.807) is 0 Å². The summed E-state index contributed by atoms with van der Waals surface area (Å²) in [5.41, 5.74) is 2.97. The summed E-state index contributed by atoms with van der Waals surface area (Å²) in [5, 5.41) is 8.65. The average molecular weight is 284 g/mol. The first kappa shape index (κ1) is 15.3. The largest absolute Gasteiger partial charge is 0.384 e. The minimum atomic E-state index is -0.102. The van der Waals surface area contributed by atoms with Crippen LogP contribution in [0, 0.1) is 0 Å². The fourth-order valence-electron chi connectivity index (χ4n) is 1.96. The first-order valence-electron chi connectivity index (χ1n) is 6.06. The van der Waals surface area contributed by atoms with Crippen LogP contribution in [0.1, 0.15) is 22.8 Å². The van der Waals surface area contributed by atoms with E-state index in [-0.39, 0.29) is 24.2 Å². The Kier molecular flexibility index (Phi) is 5.63. The van der Waals surface area contributed by atoms with E-state index in [4.69, 9.17) is 0 Å². The quantitative estimate of drug-likeness (QED) is 0.721. The second-order valence-corrected chi connectivity index (χ2v) is 4.29. The standard InChI is InChI=1S/C13H17N3O2.ClH/c1-9(17)14-6-7-16-13(18)11-2-3-12-10(8-11)4-5-15-12;/h2-3,8,15H,4-7H2,1H3,(H,14,17)(H,16,18);1H. The normalized spacial score (nSPS) is 11.8. The van der Waals surface area contributed by atoms with Crippen molar-refractivity contribution in [1.29, 1.82) is 0 Å². The van der Waals surface area contributed by atoms with Crippen LogP contribution in [-0.2, 0) is 11.2 Å². The van der Waals surface area contributed by atoms with Crippen molar-refractivity contribution >= 4 is 29.9 Å². The number of rotatable bonds is 4. The fraction of sp³-hybridized carbons (Fsp3) is 0.385. The predicted octanol–water partition coefficient (Wildman–Crippen LogP) is 0.942. The molecule has 3 N–H and O–H groups in total. The molecule has 19 heavy (non-hydrogen) atoms. The van der Waals surface area contributed by atoms with Crippen LogP contribution in [0.3, 0.4) is 0 Å². The molecule has 1 aliphatic rings. The van der Waals surface area contributed by atoms with Crippen molar-refractivity contribution in [3.8, 4) is 0 Å². The van der Waals surface area contributed by atoms with Gasteiger partial charge in [0.1, 0.15) is 0 Å². The number of anilines is 1. The van der Waals surface area contributed by atoms with Crippen LogP contribution in [0.2, 0.25) is 0 Å². The molecule has 2 rings (SSSR count). The zero-order chi connectivity index (χ0) is 13.0. The van der Waals surface area contributed by atoms with Gasteiger partial charge in [-0.05, 0) is 30.2 Å². The molecule has 104 valence electrons. The van der Waals surface area contributed by atoms with Gasteiger partial charge in [-0.25, -0.2) is 0 Å². The van der Waals surface area contributed by atoms with Gasteiger partial charge < -0.3 is 16.0 Å². The Morgan fingerprint density at radius 1 is 1.26 bits per heavy atom. The van der Waals surface area contributed by atoms with Crippen LogP contribution < -0.4 is 16.0 Å². The number of fused-ring (bicyclic) bond motifs is 1. The number of nitrogens with one attached hydrogen (secondary N) is 3. The Balaban J connectivity index is 0.00000180. The third kappa shape index (κ3) is 4.13. The molecule has 0 radical (unpaired) electrons. The highest BCUT2D eigenvalue weighted by Gasteiger charge is 2.12. The van der Waals surface area contributed by atoms with Crippen molar-refractivity contribution in [1.82, 2.24) is 10.6 Å². The summed E-state index contributed by atoms with van der Waals surface area (Å²) in [7, 11) is 0. The van der Waals surface area contributed by atoms with Crippen molar-refractivity contribution in [2.75, 3.05) is 25.0 Å². The van der Waals surface area contributed by atoms with Crippen LogP contribution in [0.4, 0.5) is 5.69 Å². The molecule has 6 heteroatoms. The van der Waals surface area contributed by atoms with Crippen molar-refractivity contribution in [3.63, 3.8) is 0 Å². The minimum Gasteiger partial charge on any atom is -0.384 e. The van der Waals surface area contributed by atoms with Gasteiger partial charge in [-0.3, -0.25) is 9.59 Å². The van der Waals surface area contributed by atoms with Crippen LogP contribution in [-0.4, -0.2) is 31.4 Å². The molecule has 5 nitrogen and oxygen atoms in total. The molecule has 1 heterocycles. The van der Waals surface area contributed by atoms with E-state index in [0.717, 1.165) is 18.7 Å². The smallest absolute Gasteiger partial charge is 0.251 e. The van der Waals surface area contributed by atoms with Gasteiger partial charge in [0, 0.05) is 37.8 Å². The van der Waals surface area contributed by atoms with Gasteiger partial charge in [0.15, 0.2) is 0 Å². The Bertz CT molecular complexity index is 477. The number of carbonyl (C=O) groups excluding carboxylic acids is 2. The van der Waals surface area contributed by atoms with Gasteiger partial charge >= 0.3 is 0 Å². The monoisotopic (exact) mass is 283 g/mol. The molecule has 0 bridgehead atoms. The maximum atomic E-state index is 11.8. The van der Waals surface area contributed by atoms with E-state index in [1.807, 2.05) is 18.2 Å². The molecule has 1 aromatic carbocycles. The van der Waals surface area contributed by atoms with E-state index in [1.165, 1.54) is 12.5 Å². The lowest BCUT2D eigenvalue weighted by Crippen LogP contribution is -2.33. The Hall–Kier alpha value is -1.75. The lowest BCUT2D eigenvalue weighted by atomic mass is 10.1. The van der Waals surface area contributed by atoms with Crippen LogP contribution in [0.25, 0.3) is 0 Å². The zero-order valence-electron chi connectivity index (χ0n) is 10.8. The number of carbonyl (C=O) groups is 2. The van der Waals surface area contributed by atoms with E-state index < -0.39 is 0 Å². The average Bonchev–Trinajstić information content (AvgIpc) is 2.81. The van der Waals surface area contributed by atoms with Gasteiger partial charge in [0.2, 0.25) is 5.91 Å². The lowest BCUT2D eigenvalue weighted by molar-refractivity contribution is -0.118. The molecule has 0 saturated heterocycles. The van der Waals surface area contributed by atoms with Gasteiger partial charge in [-0.2, -0.15) is 0 Å². The molecule has 0 aromatic heterocycles. The number of hydrogen-bond donors (Lipinski definition) is 3. The van der Waals surface area contributed by atoms with Gasteiger partial charge in [-0.1, -0.05) is 0 Å². The van der Waals surface area contributed by atoms with E-state index in [9.17, 15) is 9.59 Å². The van der Waals surface area contributed by atoms with Crippen molar-refractivity contribution in [3.05, 3.63) is 29.3 Å². The highest BCUT2D eigenvalue weighted by atomic mass is 35.5. The first-order valence-corrected chi connectivity index (χ1v) is 6.06. The summed E-state index contributed by atoms with van der Waals surface area (Å²) in [6.45, 7) is 3.28. The predicted molar refractivity (Wildman–Crippen MR) is 76.9 cm³/mol. The third-order valence-corrected chi connectivity index (χ3v) is 2.86. The Morgan fingerprint density at radius 3 is 2.74 bits per heavy atom. The molecule has 0 fully saturated rings. The van der Waals surface area contributed by atoms with Crippen LogP contribution in [0.5, 0.6) is 0 Å². The Morgan fingerprint density at radius 2 is 2.00 bits per heavy atom. The topological polar surface area (TPSA) is 70.2 Å². The van der Waals surface area contributed by atoms with Crippen LogP contribution in [0.15, 0.2) is 18.2 Å². The molecule has 2 amide bonds. The molecule has 0 unspecified atom stereocenters. The van der Waals surface area contributed by atoms with Gasteiger partial charge in [0.05, 0.1) is 0 Å². The molecule has 0 atom stereocenters. The summed E-state index contributed by atoms with van der Waals surface area (Å²) in [5.74, 6) is -0.192. The molecule has 1 aromatic rings. The summed E-state index contributed by atoms with van der Waals surface area (Å²) >= 11 is 0. The second kappa shape index (κ2) is 6.99. The summed E-state index contributed by atoms with van der Waals surface area (Å²) < 4.78 is 0. The van der Waals surface area contributed by atoms with Gasteiger partial charge in [-0.15, -0.1) is 12.4 Å². The fourth-order valence-corrected chi connectivity index (χ4v) is 1.96. The molecule has 1 aliphatic heterocycles. The molecular weight excluding hydrogens is 266 g/mol. The highest BCUT2D eigenvalue weighted by molar-refractivity contribution is 5.95. The van der Waals surface area contributed by atoms with Gasteiger partial charge in [0.25, 0.3) is 5.91 Å². The third-order valence-electron chi connectivity index (χ3n) is 2.86. The highest BCUT2D eigenvalue weighted by Crippen LogP contribution is 2.22. The number of amides is 2. The molecule has 0 spiro atoms. The van der Waals surface area contributed by atoms with Crippen LogP contribution >= 0.6 is 12.4 Å². The number of hydrogen-bond acceptors (Lipinski definition) is 3. The SMILES string of the molecule is CC(=O)NCCNC(=O)c1ccc2c(c1)CCN2.Cl. The number of halogens is 1. The summed E-state index contributed by atoms with van der Waals surface area (Å²) in [4.78, 5) is 22.5. The van der Waals surface area contributed by atoms with Crippen molar-refractivity contribution in [2.24, 2.45) is 0 Å². The lowest BCUT2D eigenvalue weighted by Gasteiger charge is -2.07. The molecular formula is C13H18ClN3O2. The molecule has 0 saturated carbocycles. The number of benzene rings is 1. The minimum absolute atomic E-state index is 0. The van der Waals surface area contributed by atoms with E-state index in [0.29, 0.717) is 18.7 Å². The van der Waals surface area contributed by atoms with Crippen molar-refractivity contribution in [2.45, 2.75) is 13.3 Å². The molecule has 0 aliphatic carbocycles. The maximum absolute atomic E-state index is 11.8. The Labute approximate surface area is 118 Å². The van der Waals surface area contributed by atoms with E-state index >= 15 is 0 Å². The summed E-state index contributed by atoms with van der Waals surface area (Å²) in [6, 6.07) is 5.67. The van der Waals surface area contributed by atoms with E-state index in [2.05, 4.69) is 16.0 Å².